The molecule has 0 aliphatic rings. The van der Waals surface area contributed by atoms with E-state index in [2.05, 4.69) is 5.32 Å². The average molecular weight is 360 g/mol. The van der Waals surface area contributed by atoms with E-state index in [1.54, 1.807) is 12.1 Å². The number of amides is 1. The van der Waals surface area contributed by atoms with Crippen LogP contribution in [0.25, 0.3) is 11.0 Å². The molecule has 0 aliphatic carbocycles. The molecular formula is C15H15F3N2O5. The molecule has 0 saturated heterocycles. The smallest absolute Gasteiger partial charge is 0.475 e. The summed E-state index contributed by atoms with van der Waals surface area (Å²) < 4.78 is 36.8. The fourth-order valence-electron chi connectivity index (χ4n) is 1.76. The maximum atomic E-state index is 11.4. The van der Waals surface area contributed by atoms with E-state index in [9.17, 15) is 22.8 Å². The Morgan fingerprint density at radius 3 is 2.40 bits per heavy atom. The predicted octanol–water partition coefficient (Wildman–Crippen LogP) is 2.02. The van der Waals surface area contributed by atoms with E-state index in [-0.39, 0.29) is 12.3 Å². The van der Waals surface area contributed by atoms with Crippen molar-refractivity contribution in [3.05, 3.63) is 40.2 Å². The number of alkyl halides is 3. The number of hydrogen-bond acceptors (Lipinski definition) is 5. The normalized spacial score (nSPS) is 10.8. The van der Waals surface area contributed by atoms with Crippen molar-refractivity contribution in [1.29, 1.82) is 0 Å². The summed E-state index contributed by atoms with van der Waals surface area (Å²) in [5.74, 6) is -2.92. The van der Waals surface area contributed by atoms with Crippen LogP contribution < -0.4 is 16.7 Å². The van der Waals surface area contributed by atoms with Gasteiger partial charge in [0, 0.05) is 36.2 Å². The number of nitrogens with one attached hydrogen (secondary N) is 1. The Morgan fingerprint density at radius 2 is 1.88 bits per heavy atom. The highest BCUT2D eigenvalue weighted by Crippen LogP contribution is 2.20. The van der Waals surface area contributed by atoms with E-state index in [0.717, 1.165) is 10.9 Å². The van der Waals surface area contributed by atoms with Crippen LogP contribution in [0.5, 0.6) is 0 Å². The molecule has 0 saturated carbocycles. The van der Waals surface area contributed by atoms with Gasteiger partial charge in [0.1, 0.15) is 5.58 Å². The van der Waals surface area contributed by atoms with Gasteiger partial charge in [0.15, 0.2) is 0 Å². The lowest BCUT2D eigenvalue weighted by Crippen LogP contribution is -2.21. The molecule has 1 aromatic carbocycles. The maximum absolute atomic E-state index is 11.4. The molecule has 25 heavy (non-hydrogen) atoms. The highest BCUT2D eigenvalue weighted by atomic mass is 19.4. The van der Waals surface area contributed by atoms with Crippen LogP contribution in [0.15, 0.2) is 33.5 Å². The number of aliphatic carboxylic acids is 1. The largest absolute Gasteiger partial charge is 0.490 e. The highest BCUT2D eigenvalue weighted by molar-refractivity contribution is 5.93. The zero-order valence-corrected chi connectivity index (χ0v) is 13.0. The first kappa shape index (κ1) is 20.2. The fraction of sp³-hybridized carbons (Fsp3) is 0.267. The molecular weight excluding hydrogens is 345 g/mol. The number of rotatable bonds is 3. The van der Waals surface area contributed by atoms with Crippen molar-refractivity contribution in [2.24, 2.45) is 5.73 Å². The average Bonchev–Trinajstić information content (AvgIpc) is 2.46. The lowest BCUT2D eigenvalue weighted by atomic mass is 10.1. The third-order valence-corrected chi connectivity index (χ3v) is 2.85. The van der Waals surface area contributed by atoms with Gasteiger partial charge in [-0.3, -0.25) is 4.79 Å². The molecule has 0 spiro atoms. The molecule has 2 aromatic rings. The number of hydrogen-bond donors (Lipinski definition) is 3. The number of carbonyl (C=O) groups is 2. The first-order chi connectivity index (χ1) is 11.5. The Labute approximate surface area is 139 Å². The van der Waals surface area contributed by atoms with Crippen molar-refractivity contribution in [2.45, 2.75) is 19.5 Å². The van der Waals surface area contributed by atoms with Gasteiger partial charge in [-0.05, 0) is 24.6 Å². The number of carboxylic acid groups (broad SMARTS) is 1. The standard InChI is InChI=1S/C13H14N2O3.C2HF3O2/c1-8-6-13(17)18-11-7-9(2-3-10(8)11)15-12(16)4-5-14;3-2(4,5)1(6)7/h2-3,6-7H,4-5,14H2,1H3,(H,15,16);(H,6,7). The Hall–Kier alpha value is -2.88. The minimum Gasteiger partial charge on any atom is -0.475 e. The second kappa shape index (κ2) is 8.29. The number of anilines is 1. The van der Waals surface area contributed by atoms with Gasteiger partial charge in [0.2, 0.25) is 5.91 Å². The summed E-state index contributed by atoms with van der Waals surface area (Å²) >= 11 is 0. The van der Waals surface area contributed by atoms with E-state index in [1.165, 1.54) is 6.07 Å². The van der Waals surface area contributed by atoms with Crippen LogP contribution in [0.1, 0.15) is 12.0 Å². The second-order valence-electron chi connectivity index (χ2n) is 4.85. The van der Waals surface area contributed by atoms with Crippen molar-refractivity contribution >= 4 is 28.5 Å². The Balaban J connectivity index is 0.000000381. The molecule has 4 N–H and O–H groups in total. The van der Waals surface area contributed by atoms with Gasteiger partial charge in [-0.2, -0.15) is 13.2 Å². The lowest BCUT2D eigenvalue weighted by Gasteiger charge is -2.06. The van der Waals surface area contributed by atoms with Gasteiger partial charge in [-0.25, -0.2) is 9.59 Å². The maximum Gasteiger partial charge on any atom is 0.490 e. The summed E-state index contributed by atoms with van der Waals surface area (Å²) in [7, 11) is 0. The molecule has 0 aliphatic heterocycles. The quantitative estimate of drug-likeness (QED) is 0.720. The number of nitrogens with two attached hydrogens (primary N) is 1. The predicted molar refractivity (Wildman–Crippen MR) is 83.2 cm³/mol. The van der Waals surface area contributed by atoms with E-state index in [0.29, 0.717) is 17.8 Å². The Bertz CT molecular complexity index is 830. The molecule has 0 atom stereocenters. The van der Waals surface area contributed by atoms with Crippen LogP contribution in [0.2, 0.25) is 0 Å². The zero-order chi connectivity index (χ0) is 19.2. The van der Waals surface area contributed by atoms with Gasteiger partial charge in [0.05, 0.1) is 0 Å². The number of aryl methyl sites for hydroxylation is 1. The van der Waals surface area contributed by atoms with Gasteiger partial charge in [-0.1, -0.05) is 0 Å². The molecule has 1 amide bonds. The number of carbonyl (C=O) groups excluding carboxylic acids is 1. The lowest BCUT2D eigenvalue weighted by molar-refractivity contribution is -0.192. The second-order valence-corrected chi connectivity index (χ2v) is 4.85. The molecule has 7 nitrogen and oxygen atoms in total. The molecule has 0 fully saturated rings. The number of carboxylic acids is 1. The first-order valence-corrected chi connectivity index (χ1v) is 6.89. The van der Waals surface area contributed by atoms with Crippen molar-refractivity contribution in [3.63, 3.8) is 0 Å². The van der Waals surface area contributed by atoms with Gasteiger partial charge in [-0.15, -0.1) is 0 Å². The third-order valence-electron chi connectivity index (χ3n) is 2.85. The van der Waals surface area contributed by atoms with Crippen LogP contribution in [-0.2, 0) is 9.59 Å². The summed E-state index contributed by atoms with van der Waals surface area (Å²) in [5.41, 5.74) is 6.80. The monoisotopic (exact) mass is 360 g/mol. The molecule has 10 heteroatoms. The van der Waals surface area contributed by atoms with Crippen LogP contribution >= 0.6 is 0 Å². The number of fused-ring (bicyclic) bond motifs is 1. The SMILES string of the molecule is Cc1cc(=O)oc2cc(NC(=O)CCN)ccc12.O=C(O)C(F)(F)F. The van der Waals surface area contributed by atoms with Crippen LogP contribution in [0, 0.1) is 6.92 Å². The summed E-state index contributed by atoms with van der Waals surface area (Å²) in [5, 5.41) is 10.7. The van der Waals surface area contributed by atoms with Gasteiger partial charge in [0.25, 0.3) is 0 Å². The summed E-state index contributed by atoms with van der Waals surface area (Å²) in [6.07, 6.45) is -4.82. The minimum absolute atomic E-state index is 0.160. The third kappa shape index (κ3) is 6.26. The van der Waals surface area contributed by atoms with E-state index < -0.39 is 17.8 Å². The molecule has 0 unspecified atom stereocenters. The van der Waals surface area contributed by atoms with Crippen molar-refractivity contribution in [2.75, 3.05) is 11.9 Å². The Morgan fingerprint density at radius 1 is 1.28 bits per heavy atom. The molecule has 0 bridgehead atoms. The topological polar surface area (TPSA) is 123 Å². The van der Waals surface area contributed by atoms with E-state index in [1.807, 2.05) is 13.0 Å². The minimum atomic E-state index is -5.08. The molecule has 0 radical (unpaired) electrons. The molecule has 1 heterocycles. The zero-order valence-electron chi connectivity index (χ0n) is 13.0. The first-order valence-electron chi connectivity index (χ1n) is 6.89. The van der Waals surface area contributed by atoms with Crippen molar-refractivity contribution in [3.8, 4) is 0 Å². The van der Waals surface area contributed by atoms with E-state index >= 15 is 0 Å². The van der Waals surface area contributed by atoms with Gasteiger partial charge < -0.3 is 20.6 Å². The van der Waals surface area contributed by atoms with Gasteiger partial charge >= 0.3 is 17.8 Å². The van der Waals surface area contributed by atoms with Crippen LogP contribution in [0.4, 0.5) is 18.9 Å². The Kier molecular flexibility index (Phi) is 6.68. The molecule has 136 valence electrons. The summed E-state index contributed by atoms with van der Waals surface area (Å²) in [4.78, 5) is 31.6. The summed E-state index contributed by atoms with van der Waals surface area (Å²) in [6.45, 7) is 2.14. The van der Waals surface area contributed by atoms with Crippen molar-refractivity contribution < 1.29 is 32.3 Å². The fourth-order valence-corrected chi connectivity index (χ4v) is 1.76. The highest BCUT2D eigenvalue weighted by Gasteiger charge is 2.38. The number of benzene rings is 1. The molecule has 1 aromatic heterocycles. The number of halogens is 3. The van der Waals surface area contributed by atoms with Crippen LogP contribution in [-0.4, -0.2) is 29.7 Å². The van der Waals surface area contributed by atoms with E-state index in [4.69, 9.17) is 20.1 Å². The van der Waals surface area contributed by atoms with Crippen LogP contribution in [0.3, 0.4) is 0 Å². The molecule has 2 rings (SSSR count). The summed E-state index contributed by atoms with van der Waals surface area (Å²) in [6, 6.07) is 6.66. The van der Waals surface area contributed by atoms with Crippen molar-refractivity contribution in [1.82, 2.24) is 0 Å².